The van der Waals surface area contributed by atoms with E-state index in [2.05, 4.69) is 11.7 Å². The lowest BCUT2D eigenvalue weighted by molar-refractivity contribution is -0.0818. The molecule has 1 aromatic carbocycles. The fraction of sp³-hybridized carbons (Fsp3) is 0.333. The fourth-order valence-corrected chi connectivity index (χ4v) is 2.52. The molecule has 1 amide bonds. The third-order valence-electron chi connectivity index (χ3n) is 3.54. The second-order valence-corrected chi connectivity index (χ2v) is 5.47. The van der Waals surface area contributed by atoms with E-state index >= 15 is 0 Å². The number of hydrogen-bond donors (Lipinski definition) is 1. The number of benzene rings is 1. The smallest absolute Gasteiger partial charge is 0.276 e. The molecule has 1 heterocycles. The lowest BCUT2D eigenvalue weighted by Crippen LogP contribution is -2.48. The van der Waals surface area contributed by atoms with E-state index in [9.17, 15) is 9.90 Å². The van der Waals surface area contributed by atoms with Crippen molar-refractivity contribution < 1.29 is 9.90 Å². The maximum Gasteiger partial charge on any atom is 0.276 e. The molecule has 0 spiro atoms. The summed E-state index contributed by atoms with van der Waals surface area (Å²) in [4.78, 5) is 12.5. The van der Waals surface area contributed by atoms with Gasteiger partial charge in [0.25, 0.3) is 5.91 Å². The first-order valence-electron chi connectivity index (χ1n) is 6.36. The zero-order valence-electron chi connectivity index (χ0n) is 11.5. The number of hydrazone groups is 1. The van der Waals surface area contributed by atoms with Crippen LogP contribution in [0.1, 0.15) is 30.6 Å². The molecule has 20 heavy (non-hydrogen) atoms. The van der Waals surface area contributed by atoms with Crippen molar-refractivity contribution in [2.24, 2.45) is 11.0 Å². The van der Waals surface area contributed by atoms with Gasteiger partial charge in [0.15, 0.2) is 5.72 Å². The highest BCUT2D eigenvalue weighted by Gasteiger charge is 2.47. The van der Waals surface area contributed by atoms with Gasteiger partial charge >= 0.3 is 0 Å². The maximum atomic E-state index is 12.5. The molecule has 1 aliphatic rings. The van der Waals surface area contributed by atoms with E-state index in [4.69, 9.17) is 11.6 Å². The van der Waals surface area contributed by atoms with Gasteiger partial charge in [0.2, 0.25) is 0 Å². The van der Waals surface area contributed by atoms with Gasteiger partial charge in [-0.2, -0.15) is 10.1 Å². The Morgan fingerprint density at radius 3 is 2.70 bits per heavy atom. The number of nitrogens with zero attached hydrogens (tertiary/aromatic N) is 2. The molecule has 0 aromatic heterocycles. The van der Waals surface area contributed by atoms with E-state index in [0.717, 1.165) is 10.7 Å². The van der Waals surface area contributed by atoms with E-state index in [1.807, 2.05) is 0 Å². The second-order valence-electron chi connectivity index (χ2n) is 5.04. The van der Waals surface area contributed by atoms with Gasteiger partial charge in [-0.3, -0.25) is 4.79 Å². The monoisotopic (exact) mass is 292 g/mol. The standard InChI is InChI=1S/C15H17ClN2O2/c1-4-5-13-10(2)17-18(15(13,3)20)14(19)11-6-8-12(16)9-7-11/h4,6-9,13,20H,1,5H2,2-3H3/t13-,15-/m1/s1. The number of carbonyl (C=O) groups is 1. The summed E-state index contributed by atoms with van der Waals surface area (Å²) < 4.78 is 0. The molecule has 0 aliphatic carbocycles. The van der Waals surface area contributed by atoms with Gasteiger partial charge in [0.05, 0.1) is 5.92 Å². The molecule has 0 bridgehead atoms. The minimum atomic E-state index is -1.35. The van der Waals surface area contributed by atoms with Crippen LogP contribution in [-0.2, 0) is 0 Å². The molecule has 0 radical (unpaired) electrons. The minimum Gasteiger partial charge on any atom is -0.369 e. The third kappa shape index (κ3) is 2.49. The molecular formula is C15H17ClN2O2. The van der Waals surface area contributed by atoms with Gasteiger partial charge in [-0.05, 0) is 44.5 Å². The van der Waals surface area contributed by atoms with Gasteiger partial charge in [0, 0.05) is 16.3 Å². The van der Waals surface area contributed by atoms with Crippen LogP contribution in [0.4, 0.5) is 0 Å². The summed E-state index contributed by atoms with van der Waals surface area (Å²) in [5, 5.41) is 16.5. The highest BCUT2D eigenvalue weighted by atomic mass is 35.5. The third-order valence-corrected chi connectivity index (χ3v) is 3.79. The van der Waals surface area contributed by atoms with Gasteiger partial charge in [-0.1, -0.05) is 17.7 Å². The minimum absolute atomic E-state index is 0.240. The molecule has 1 aliphatic heterocycles. The van der Waals surface area contributed by atoms with Gasteiger partial charge < -0.3 is 5.11 Å². The zero-order valence-corrected chi connectivity index (χ0v) is 12.3. The van der Waals surface area contributed by atoms with Gasteiger partial charge in [-0.15, -0.1) is 6.58 Å². The molecule has 0 unspecified atom stereocenters. The topological polar surface area (TPSA) is 52.9 Å². The number of rotatable bonds is 3. The lowest BCUT2D eigenvalue weighted by atomic mass is 9.90. The predicted molar refractivity (Wildman–Crippen MR) is 79.7 cm³/mol. The van der Waals surface area contributed by atoms with Crippen LogP contribution in [0.5, 0.6) is 0 Å². The Morgan fingerprint density at radius 2 is 2.15 bits per heavy atom. The highest BCUT2D eigenvalue weighted by Crippen LogP contribution is 2.34. The van der Waals surface area contributed by atoms with Crippen molar-refractivity contribution in [1.82, 2.24) is 5.01 Å². The summed E-state index contributed by atoms with van der Waals surface area (Å²) in [6, 6.07) is 6.51. The van der Waals surface area contributed by atoms with E-state index in [-0.39, 0.29) is 11.8 Å². The molecule has 0 saturated heterocycles. The van der Waals surface area contributed by atoms with E-state index in [1.54, 1.807) is 44.2 Å². The van der Waals surface area contributed by atoms with Crippen LogP contribution in [0.3, 0.4) is 0 Å². The molecule has 0 saturated carbocycles. The molecule has 5 heteroatoms. The van der Waals surface area contributed by atoms with Crippen molar-refractivity contribution in [2.75, 3.05) is 0 Å². The lowest BCUT2D eigenvalue weighted by Gasteiger charge is -2.32. The van der Waals surface area contributed by atoms with Crippen LogP contribution >= 0.6 is 11.6 Å². The molecular weight excluding hydrogens is 276 g/mol. The Labute approximate surface area is 123 Å². The summed E-state index contributed by atoms with van der Waals surface area (Å²) in [6.07, 6.45) is 2.28. The maximum absolute atomic E-state index is 12.5. The van der Waals surface area contributed by atoms with Gasteiger partial charge in [-0.25, -0.2) is 0 Å². The second kappa shape index (κ2) is 5.38. The highest BCUT2D eigenvalue weighted by molar-refractivity contribution is 6.30. The van der Waals surface area contributed by atoms with Crippen molar-refractivity contribution in [3.8, 4) is 0 Å². The molecule has 2 atom stereocenters. The average Bonchev–Trinajstić information content (AvgIpc) is 2.62. The first-order chi connectivity index (χ1) is 9.37. The summed E-state index contributed by atoms with van der Waals surface area (Å²) >= 11 is 5.81. The summed E-state index contributed by atoms with van der Waals surface area (Å²) in [6.45, 7) is 7.07. The summed E-state index contributed by atoms with van der Waals surface area (Å²) in [5.74, 6) is -0.589. The van der Waals surface area contributed by atoms with Crippen molar-refractivity contribution in [3.05, 3.63) is 47.5 Å². The Hall–Kier alpha value is -1.65. The molecule has 0 fully saturated rings. The zero-order chi connectivity index (χ0) is 14.9. The molecule has 106 valence electrons. The normalized spacial score (nSPS) is 25.5. The van der Waals surface area contributed by atoms with Crippen LogP contribution in [0.25, 0.3) is 0 Å². The molecule has 4 nitrogen and oxygen atoms in total. The molecule has 2 rings (SSSR count). The van der Waals surface area contributed by atoms with Crippen LogP contribution in [-0.4, -0.2) is 27.5 Å². The first kappa shape index (κ1) is 14.8. The largest absolute Gasteiger partial charge is 0.369 e. The van der Waals surface area contributed by atoms with Crippen molar-refractivity contribution in [1.29, 1.82) is 0 Å². The van der Waals surface area contributed by atoms with Crippen molar-refractivity contribution >= 4 is 23.2 Å². The number of hydrogen-bond acceptors (Lipinski definition) is 3. The van der Waals surface area contributed by atoms with E-state index < -0.39 is 5.72 Å². The number of halogens is 1. The van der Waals surface area contributed by atoms with E-state index in [1.165, 1.54) is 0 Å². The van der Waals surface area contributed by atoms with E-state index in [0.29, 0.717) is 17.0 Å². The van der Waals surface area contributed by atoms with Gasteiger partial charge in [0.1, 0.15) is 0 Å². The summed E-state index contributed by atoms with van der Waals surface area (Å²) in [5.41, 5.74) is -0.197. The number of amides is 1. The molecule has 1 N–H and O–H groups in total. The van der Waals surface area contributed by atoms with Crippen molar-refractivity contribution in [2.45, 2.75) is 26.0 Å². The predicted octanol–water partition coefficient (Wildman–Crippen LogP) is 3.07. The number of allylic oxidation sites excluding steroid dienone is 1. The number of aliphatic hydroxyl groups is 1. The SMILES string of the molecule is C=CC[C@@H]1C(C)=NN(C(=O)c2ccc(Cl)cc2)[C@]1(C)O. The molecule has 1 aromatic rings. The Balaban J connectivity index is 2.31. The fourth-order valence-electron chi connectivity index (χ4n) is 2.40. The first-order valence-corrected chi connectivity index (χ1v) is 6.74. The Bertz CT molecular complexity index is 564. The Morgan fingerprint density at radius 1 is 1.55 bits per heavy atom. The number of carbonyl (C=O) groups excluding carboxylic acids is 1. The van der Waals surface area contributed by atoms with Crippen LogP contribution in [0.15, 0.2) is 42.0 Å². The van der Waals surface area contributed by atoms with Crippen LogP contribution in [0, 0.1) is 5.92 Å². The van der Waals surface area contributed by atoms with Crippen molar-refractivity contribution in [3.63, 3.8) is 0 Å². The quantitative estimate of drug-likeness (QED) is 0.871. The van der Waals surface area contributed by atoms with Crippen LogP contribution < -0.4 is 0 Å². The van der Waals surface area contributed by atoms with Crippen LogP contribution in [0.2, 0.25) is 5.02 Å². The Kier molecular flexibility index (Phi) is 3.97. The average molecular weight is 293 g/mol. The summed E-state index contributed by atoms with van der Waals surface area (Å²) in [7, 11) is 0.